The summed E-state index contributed by atoms with van der Waals surface area (Å²) < 4.78 is 0. The van der Waals surface area contributed by atoms with Gasteiger partial charge in [-0.3, -0.25) is 0 Å². The summed E-state index contributed by atoms with van der Waals surface area (Å²) in [5, 5.41) is 8.72. The van der Waals surface area contributed by atoms with Crippen LogP contribution in [0.4, 0.5) is 4.79 Å². The van der Waals surface area contributed by atoms with Crippen LogP contribution in [0.15, 0.2) is 0 Å². The summed E-state index contributed by atoms with van der Waals surface area (Å²) in [6.07, 6.45) is 2.27. The minimum absolute atomic E-state index is 0.0168. The summed E-state index contributed by atoms with van der Waals surface area (Å²) in [7, 11) is 0. The molecule has 0 saturated carbocycles. The number of rotatable bonds is 2. The summed E-state index contributed by atoms with van der Waals surface area (Å²) in [5.74, 6) is 0.578. The largest absolute Gasteiger partial charge is 0.324 e. The predicted molar refractivity (Wildman–Crippen MR) is 62.8 cm³/mol. The zero-order chi connectivity index (χ0) is 12.1. The Morgan fingerprint density at radius 2 is 2.31 bits per heavy atom. The normalized spacial score (nSPS) is 20.7. The zero-order valence-corrected chi connectivity index (χ0v) is 10.4. The van der Waals surface area contributed by atoms with E-state index in [0.29, 0.717) is 5.92 Å². The Kier molecular flexibility index (Phi) is 4.60. The molecule has 0 aliphatic carbocycles. The maximum Gasteiger partial charge on any atom is 0.321 e. The number of urea groups is 1. The topological polar surface area (TPSA) is 47.3 Å². The van der Waals surface area contributed by atoms with Gasteiger partial charge >= 0.3 is 6.03 Å². The van der Waals surface area contributed by atoms with Crippen LogP contribution in [0, 0.1) is 17.2 Å². The van der Waals surface area contributed by atoms with Crippen LogP contribution in [-0.2, 0) is 0 Å². The van der Waals surface area contributed by atoms with Gasteiger partial charge in [-0.25, -0.2) is 4.79 Å². The van der Waals surface area contributed by atoms with Crippen LogP contribution in [0.5, 0.6) is 0 Å². The first-order valence-electron chi connectivity index (χ1n) is 5.98. The monoisotopic (exact) mass is 223 g/mol. The number of nitrogens with zero attached hydrogens (tertiary/aromatic N) is 3. The average Bonchev–Trinajstić information content (AvgIpc) is 2.24. The molecule has 1 saturated heterocycles. The summed E-state index contributed by atoms with van der Waals surface area (Å²) in [6.45, 7) is 7.90. The molecule has 0 N–H and O–H groups in total. The van der Waals surface area contributed by atoms with Gasteiger partial charge in [0.1, 0.15) is 6.54 Å². The molecule has 0 bridgehead atoms. The fourth-order valence-electron chi connectivity index (χ4n) is 2.09. The first-order chi connectivity index (χ1) is 7.56. The van der Waals surface area contributed by atoms with Crippen molar-refractivity contribution in [3.05, 3.63) is 0 Å². The van der Waals surface area contributed by atoms with Gasteiger partial charge in [-0.1, -0.05) is 6.92 Å². The Hall–Kier alpha value is -1.24. The molecule has 0 spiro atoms. The second kappa shape index (κ2) is 5.74. The van der Waals surface area contributed by atoms with Crippen molar-refractivity contribution in [3.8, 4) is 6.07 Å². The van der Waals surface area contributed by atoms with Gasteiger partial charge in [0.05, 0.1) is 6.07 Å². The molecular formula is C12H21N3O. The lowest BCUT2D eigenvalue weighted by Gasteiger charge is -2.36. The molecule has 1 rings (SSSR count). The molecule has 1 atom stereocenters. The third-order valence-corrected chi connectivity index (χ3v) is 3.04. The molecule has 1 heterocycles. The molecule has 0 radical (unpaired) electrons. The number of hydrogen-bond acceptors (Lipinski definition) is 2. The molecule has 0 aromatic heterocycles. The van der Waals surface area contributed by atoms with Crippen molar-refractivity contribution in [2.24, 2.45) is 5.92 Å². The van der Waals surface area contributed by atoms with Gasteiger partial charge in [-0.05, 0) is 32.6 Å². The van der Waals surface area contributed by atoms with E-state index < -0.39 is 0 Å². The minimum atomic E-state index is 0.0168. The van der Waals surface area contributed by atoms with Gasteiger partial charge in [-0.15, -0.1) is 0 Å². The van der Waals surface area contributed by atoms with Crippen molar-refractivity contribution in [1.82, 2.24) is 9.80 Å². The van der Waals surface area contributed by atoms with E-state index in [1.165, 1.54) is 6.42 Å². The van der Waals surface area contributed by atoms with Crippen molar-refractivity contribution >= 4 is 6.03 Å². The van der Waals surface area contributed by atoms with Gasteiger partial charge in [0, 0.05) is 19.1 Å². The van der Waals surface area contributed by atoms with Crippen LogP contribution in [0.3, 0.4) is 0 Å². The van der Waals surface area contributed by atoms with E-state index in [1.54, 1.807) is 4.90 Å². The van der Waals surface area contributed by atoms with Crippen LogP contribution in [0.1, 0.15) is 33.6 Å². The summed E-state index contributed by atoms with van der Waals surface area (Å²) >= 11 is 0. The SMILES string of the molecule is CC1CCCN(C(=O)N(CC#N)C(C)C)C1. The van der Waals surface area contributed by atoms with E-state index in [9.17, 15) is 4.79 Å². The highest BCUT2D eigenvalue weighted by molar-refractivity contribution is 5.75. The second-order valence-corrected chi connectivity index (χ2v) is 4.86. The van der Waals surface area contributed by atoms with Crippen molar-refractivity contribution in [2.75, 3.05) is 19.6 Å². The number of amides is 2. The van der Waals surface area contributed by atoms with E-state index in [4.69, 9.17) is 5.26 Å². The first-order valence-corrected chi connectivity index (χ1v) is 5.98. The molecular weight excluding hydrogens is 202 g/mol. The smallest absolute Gasteiger partial charge is 0.321 e. The van der Waals surface area contributed by atoms with Crippen LogP contribution in [-0.4, -0.2) is 41.5 Å². The lowest BCUT2D eigenvalue weighted by molar-refractivity contribution is 0.126. The quantitative estimate of drug-likeness (QED) is 0.673. The zero-order valence-electron chi connectivity index (χ0n) is 10.4. The highest BCUT2D eigenvalue weighted by Crippen LogP contribution is 2.17. The molecule has 1 aliphatic heterocycles. The molecule has 90 valence electrons. The molecule has 1 unspecified atom stereocenters. The Morgan fingerprint density at radius 1 is 1.62 bits per heavy atom. The average molecular weight is 223 g/mol. The molecule has 1 aliphatic rings. The number of likely N-dealkylation sites (tertiary alicyclic amines) is 1. The van der Waals surface area contributed by atoms with E-state index in [-0.39, 0.29) is 18.6 Å². The molecule has 4 nitrogen and oxygen atoms in total. The van der Waals surface area contributed by atoms with Crippen molar-refractivity contribution in [3.63, 3.8) is 0 Å². The van der Waals surface area contributed by atoms with Gasteiger partial charge in [0.15, 0.2) is 0 Å². The fraction of sp³-hybridized carbons (Fsp3) is 0.833. The maximum atomic E-state index is 12.2. The Labute approximate surface area is 97.8 Å². The van der Waals surface area contributed by atoms with Crippen LogP contribution in [0.2, 0.25) is 0 Å². The number of carbonyl (C=O) groups is 1. The highest BCUT2D eigenvalue weighted by Gasteiger charge is 2.26. The third kappa shape index (κ3) is 3.13. The third-order valence-electron chi connectivity index (χ3n) is 3.04. The Balaban J connectivity index is 2.63. The van der Waals surface area contributed by atoms with Crippen LogP contribution in [0.25, 0.3) is 0 Å². The maximum absolute atomic E-state index is 12.2. The van der Waals surface area contributed by atoms with Crippen LogP contribution < -0.4 is 0 Å². The summed E-state index contributed by atoms with van der Waals surface area (Å²) in [6, 6.07) is 2.16. The number of nitriles is 1. The minimum Gasteiger partial charge on any atom is -0.324 e. The van der Waals surface area contributed by atoms with E-state index in [2.05, 4.69) is 13.0 Å². The highest BCUT2D eigenvalue weighted by atomic mass is 16.2. The van der Waals surface area contributed by atoms with Crippen molar-refractivity contribution < 1.29 is 4.79 Å². The summed E-state index contributed by atoms with van der Waals surface area (Å²) in [5.41, 5.74) is 0. The lowest BCUT2D eigenvalue weighted by atomic mass is 10.0. The molecule has 0 aromatic rings. The van der Waals surface area contributed by atoms with E-state index >= 15 is 0 Å². The summed E-state index contributed by atoms with van der Waals surface area (Å²) in [4.78, 5) is 15.7. The number of carbonyl (C=O) groups excluding carboxylic acids is 1. The predicted octanol–water partition coefficient (Wildman–Crippen LogP) is 2.07. The van der Waals surface area contributed by atoms with E-state index in [0.717, 1.165) is 19.5 Å². The van der Waals surface area contributed by atoms with Crippen molar-refractivity contribution in [1.29, 1.82) is 5.26 Å². The molecule has 16 heavy (non-hydrogen) atoms. The Morgan fingerprint density at radius 3 is 2.81 bits per heavy atom. The first kappa shape index (κ1) is 12.8. The van der Waals surface area contributed by atoms with Crippen LogP contribution >= 0.6 is 0 Å². The lowest BCUT2D eigenvalue weighted by Crippen LogP contribution is -2.49. The fourth-order valence-corrected chi connectivity index (χ4v) is 2.09. The molecule has 0 aromatic carbocycles. The standard InChI is InChI=1S/C12H21N3O/c1-10(2)15(8-6-13)12(16)14-7-4-5-11(3)9-14/h10-11H,4-5,7-9H2,1-3H3. The molecule has 1 fully saturated rings. The molecule has 2 amide bonds. The Bertz CT molecular complexity index is 282. The molecule has 4 heteroatoms. The van der Waals surface area contributed by atoms with E-state index in [1.807, 2.05) is 18.7 Å². The van der Waals surface area contributed by atoms with Gasteiger partial charge < -0.3 is 9.80 Å². The van der Waals surface area contributed by atoms with Gasteiger partial charge in [0.25, 0.3) is 0 Å². The number of hydrogen-bond donors (Lipinski definition) is 0. The second-order valence-electron chi connectivity index (χ2n) is 4.86. The van der Waals surface area contributed by atoms with Crippen molar-refractivity contribution in [2.45, 2.75) is 39.7 Å². The van der Waals surface area contributed by atoms with Gasteiger partial charge in [-0.2, -0.15) is 5.26 Å². The van der Waals surface area contributed by atoms with Gasteiger partial charge in [0.2, 0.25) is 0 Å². The number of piperidine rings is 1.